The predicted molar refractivity (Wildman–Crippen MR) is 141 cm³/mol. The van der Waals surface area contributed by atoms with Gasteiger partial charge < -0.3 is 15.5 Å². The van der Waals surface area contributed by atoms with Crippen LogP contribution in [0, 0.1) is 10.1 Å². The summed E-state index contributed by atoms with van der Waals surface area (Å²) in [5.41, 5.74) is 9.46. The second-order valence-corrected chi connectivity index (χ2v) is 9.79. The molecule has 0 bridgehead atoms. The smallest absolute Gasteiger partial charge is 0.269 e. The zero-order chi connectivity index (χ0) is 24.3. The monoisotopic (exact) mass is 466 g/mol. The molecule has 2 unspecified atom stereocenters. The first-order valence-electron chi connectivity index (χ1n) is 13.0. The molecule has 2 N–H and O–H groups in total. The molecule has 0 saturated carbocycles. The quantitative estimate of drug-likeness (QED) is 0.306. The Morgan fingerprint density at radius 3 is 1.68 bits per heavy atom. The van der Waals surface area contributed by atoms with E-state index in [1.165, 1.54) is 75.8 Å². The maximum atomic E-state index is 10.6. The predicted octanol–water partition coefficient (Wildman–Crippen LogP) is 6.04. The molecule has 0 amide bonds. The number of nitrogen functional groups attached to an aromatic ring is 1. The van der Waals surface area contributed by atoms with Crippen molar-refractivity contribution in [2.24, 2.45) is 0 Å². The van der Waals surface area contributed by atoms with Gasteiger partial charge in [0, 0.05) is 30.9 Å². The molecule has 2 aromatic rings. The van der Waals surface area contributed by atoms with Gasteiger partial charge in [-0.05, 0) is 99.8 Å². The van der Waals surface area contributed by atoms with Crippen molar-refractivity contribution in [3.8, 4) is 0 Å². The van der Waals surface area contributed by atoms with Crippen molar-refractivity contribution in [2.75, 3.05) is 45.0 Å². The Morgan fingerprint density at radius 2 is 1.26 bits per heavy atom. The lowest BCUT2D eigenvalue weighted by molar-refractivity contribution is -0.384. The van der Waals surface area contributed by atoms with Gasteiger partial charge in [0.15, 0.2) is 0 Å². The van der Waals surface area contributed by atoms with E-state index in [9.17, 15) is 10.1 Å². The third-order valence-electron chi connectivity index (χ3n) is 7.07. The second-order valence-electron chi connectivity index (χ2n) is 9.79. The van der Waals surface area contributed by atoms with Crippen LogP contribution in [-0.4, -0.2) is 54.0 Å². The number of anilines is 1. The second kappa shape index (κ2) is 13.4. The number of likely N-dealkylation sites (tertiary alicyclic amines) is 2. The first kappa shape index (κ1) is 26.2. The van der Waals surface area contributed by atoms with Gasteiger partial charge in [0.25, 0.3) is 5.69 Å². The molecule has 186 valence electrons. The van der Waals surface area contributed by atoms with E-state index in [-0.39, 0.29) is 10.6 Å². The number of nitrogens with two attached hydrogens (primary N) is 1. The summed E-state index contributed by atoms with van der Waals surface area (Å²) in [6, 6.07) is 15.5. The van der Waals surface area contributed by atoms with E-state index in [1.807, 2.05) is 24.3 Å². The van der Waals surface area contributed by atoms with Crippen LogP contribution < -0.4 is 5.73 Å². The largest absolute Gasteiger partial charge is 0.399 e. The highest BCUT2D eigenvalue weighted by atomic mass is 16.6. The molecule has 2 heterocycles. The van der Waals surface area contributed by atoms with Crippen LogP contribution in [0.25, 0.3) is 0 Å². The molecular formula is C28H42N4O2. The third-order valence-corrected chi connectivity index (χ3v) is 7.07. The van der Waals surface area contributed by atoms with Crippen molar-refractivity contribution in [3.05, 3.63) is 69.8 Å². The molecule has 2 aromatic carbocycles. The number of non-ortho nitro benzene ring substituents is 1. The van der Waals surface area contributed by atoms with Gasteiger partial charge in [-0.2, -0.15) is 0 Å². The lowest BCUT2D eigenvalue weighted by Gasteiger charge is -2.32. The molecule has 0 spiro atoms. The normalized spacial score (nSPS) is 21.5. The highest BCUT2D eigenvalue weighted by Crippen LogP contribution is 2.29. The topological polar surface area (TPSA) is 75.6 Å². The summed E-state index contributed by atoms with van der Waals surface area (Å²) in [6.07, 6.45) is 7.51. The Balaban J connectivity index is 0.000000192. The standard InChI is InChI=1S/C14H20N2O2.C14H22N2/c1-2-9-15-10-3-4-13(11-15)12-5-7-14(8-6-12)16(17)18;1-2-9-16-10-3-4-13(11-16)12-5-7-14(15)8-6-12/h5-8,13H,2-4,9-11H2,1H3;5-8,13H,2-4,9-11,15H2,1H3. The van der Waals surface area contributed by atoms with Crippen molar-refractivity contribution in [1.29, 1.82) is 0 Å². The zero-order valence-electron chi connectivity index (χ0n) is 21.0. The van der Waals surface area contributed by atoms with E-state index >= 15 is 0 Å². The minimum Gasteiger partial charge on any atom is -0.399 e. The Kier molecular flexibility index (Phi) is 10.4. The molecular weight excluding hydrogens is 424 g/mol. The van der Waals surface area contributed by atoms with E-state index in [1.54, 1.807) is 12.1 Å². The fourth-order valence-corrected chi connectivity index (χ4v) is 5.33. The molecule has 6 nitrogen and oxygen atoms in total. The number of nitro benzene ring substituents is 1. The summed E-state index contributed by atoms with van der Waals surface area (Å²) in [5.74, 6) is 1.24. The van der Waals surface area contributed by atoms with Crippen LogP contribution in [0.2, 0.25) is 0 Å². The van der Waals surface area contributed by atoms with Crippen molar-refractivity contribution < 1.29 is 4.92 Å². The van der Waals surface area contributed by atoms with E-state index in [0.29, 0.717) is 11.8 Å². The number of hydrogen-bond donors (Lipinski definition) is 1. The number of nitrogens with zero attached hydrogens (tertiary/aromatic N) is 3. The fraction of sp³-hybridized carbons (Fsp3) is 0.571. The van der Waals surface area contributed by atoms with Crippen LogP contribution in [0.4, 0.5) is 11.4 Å². The van der Waals surface area contributed by atoms with Crippen molar-refractivity contribution in [2.45, 2.75) is 64.2 Å². The van der Waals surface area contributed by atoms with E-state index in [2.05, 4.69) is 35.8 Å². The van der Waals surface area contributed by atoms with Gasteiger partial charge in [0.1, 0.15) is 0 Å². The maximum absolute atomic E-state index is 10.6. The van der Waals surface area contributed by atoms with Gasteiger partial charge in [-0.15, -0.1) is 0 Å². The highest BCUT2D eigenvalue weighted by Gasteiger charge is 2.21. The average Bonchev–Trinajstić information content (AvgIpc) is 2.86. The fourth-order valence-electron chi connectivity index (χ4n) is 5.33. The Bertz CT molecular complexity index is 865. The molecule has 2 fully saturated rings. The van der Waals surface area contributed by atoms with Crippen LogP contribution in [-0.2, 0) is 0 Å². The first-order valence-corrected chi connectivity index (χ1v) is 13.0. The van der Waals surface area contributed by atoms with Crippen LogP contribution in [0.15, 0.2) is 48.5 Å². The molecule has 2 aliphatic heterocycles. The minimum atomic E-state index is -0.339. The molecule has 2 saturated heterocycles. The summed E-state index contributed by atoms with van der Waals surface area (Å²) in [5, 5.41) is 10.6. The van der Waals surface area contributed by atoms with Crippen molar-refractivity contribution in [3.63, 3.8) is 0 Å². The van der Waals surface area contributed by atoms with Crippen molar-refractivity contribution in [1.82, 2.24) is 9.80 Å². The summed E-state index contributed by atoms with van der Waals surface area (Å²) in [4.78, 5) is 15.4. The SMILES string of the molecule is CCCN1CCCC(c2ccc(N)cc2)C1.CCCN1CCCC(c2ccc([N+](=O)[O-])cc2)C1. The van der Waals surface area contributed by atoms with Crippen LogP contribution in [0.1, 0.15) is 75.3 Å². The van der Waals surface area contributed by atoms with Crippen LogP contribution >= 0.6 is 0 Å². The number of benzene rings is 2. The summed E-state index contributed by atoms with van der Waals surface area (Å²) in [7, 11) is 0. The van der Waals surface area contributed by atoms with Gasteiger partial charge in [0.2, 0.25) is 0 Å². The van der Waals surface area contributed by atoms with Gasteiger partial charge in [-0.25, -0.2) is 0 Å². The summed E-state index contributed by atoms with van der Waals surface area (Å²) in [6.45, 7) is 11.6. The molecule has 2 atom stereocenters. The Labute approximate surface area is 205 Å². The maximum Gasteiger partial charge on any atom is 0.269 e. The molecule has 4 rings (SSSR count). The lowest BCUT2D eigenvalue weighted by Crippen LogP contribution is -2.34. The van der Waals surface area contributed by atoms with Gasteiger partial charge in [0.05, 0.1) is 4.92 Å². The number of piperidine rings is 2. The number of nitro groups is 1. The van der Waals surface area contributed by atoms with Crippen molar-refractivity contribution >= 4 is 11.4 Å². The Hall–Kier alpha value is -2.44. The molecule has 0 aliphatic carbocycles. The van der Waals surface area contributed by atoms with E-state index < -0.39 is 0 Å². The van der Waals surface area contributed by atoms with Crippen LogP contribution in [0.3, 0.4) is 0 Å². The van der Waals surface area contributed by atoms with Gasteiger partial charge in [-0.3, -0.25) is 10.1 Å². The number of rotatable bonds is 7. The van der Waals surface area contributed by atoms with Crippen LogP contribution in [0.5, 0.6) is 0 Å². The highest BCUT2D eigenvalue weighted by molar-refractivity contribution is 5.40. The number of hydrogen-bond acceptors (Lipinski definition) is 5. The molecule has 6 heteroatoms. The van der Waals surface area contributed by atoms with Gasteiger partial charge in [-0.1, -0.05) is 38.1 Å². The molecule has 2 aliphatic rings. The van der Waals surface area contributed by atoms with E-state index in [0.717, 1.165) is 18.8 Å². The first-order chi connectivity index (χ1) is 16.5. The summed E-state index contributed by atoms with van der Waals surface area (Å²) >= 11 is 0. The molecule has 0 aromatic heterocycles. The van der Waals surface area contributed by atoms with E-state index in [4.69, 9.17) is 5.73 Å². The summed E-state index contributed by atoms with van der Waals surface area (Å²) < 4.78 is 0. The average molecular weight is 467 g/mol. The Morgan fingerprint density at radius 1 is 0.824 bits per heavy atom. The van der Waals surface area contributed by atoms with Gasteiger partial charge >= 0.3 is 0 Å². The molecule has 34 heavy (non-hydrogen) atoms. The lowest BCUT2D eigenvalue weighted by atomic mass is 9.90. The third kappa shape index (κ3) is 7.81. The molecule has 0 radical (unpaired) electrons. The minimum absolute atomic E-state index is 0.181. The zero-order valence-corrected chi connectivity index (χ0v) is 21.0.